The first kappa shape index (κ1) is 29.6. The molecular weight excluding hydrogens is 495 g/mol. The number of nitrogens with zero attached hydrogens (tertiary/aromatic N) is 1. The highest BCUT2D eigenvalue weighted by Gasteiger charge is 2.32. The van der Waals surface area contributed by atoms with Crippen LogP contribution in [0.15, 0.2) is 53.4 Å². The molecule has 6 nitrogen and oxygen atoms in total. The van der Waals surface area contributed by atoms with Gasteiger partial charge in [-0.25, -0.2) is 0 Å². The number of rotatable bonds is 11. The zero-order valence-corrected chi connectivity index (χ0v) is 22.1. The van der Waals surface area contributed by atoms with Gasteiger partial charge in [-0.3, -0.25) is 4.79 Å². The Bertz CT molecular complexity index is 1130. The Kier molecular flexibility index (Phi) is 9.96. The van der Waals surface area contributed by atoms with Crippen LogP contribution < -0.4 is 4.18 Å². The second-order valence-electron chi connectivity index (χ2n) is 10.1. The molecule has 0 bridgehead atoms. The van der Waals surface area contributed by atoms with E-state index in [1.54, 1.807) is 17.0 Å². The third kappa shape index (κ3) is 9.46. The van der Waals surface area contributed by atoms with Crippen molar-refractivity contribution in [3.63, 3.8) is 0 Å². The van der Waals surface area contributed by atoms with E-state index in [-0.39, 0.29) is 29.5 Å². The average molecular weight is 530 g/mol. The fraction of sp³-hybridized carbons (Fsp3) is 0.500. The minimum absolute atomic E-state index is 0.0493. The predicted molar refractivity (Wildman–Crippen MR) is 131 cm³/mol. The van der Waals surface area contributed by atoms with Gasteiger partial charge in [0.2, 0.25) is 5.91 Å². The second kappa shape index (κ2) is 12.1. The van der Waals surface area contributed by atoms with Crippen molar-refractivity contribution < 1.29 is 35.3 Å². The molecule has 2 rings (SSSR count). The van der Waals surface area contributed by atoms with Gasteiger partial charge in [-0.15, -0.1) is 0 Å². The van der Waals surface area contributed by atoms with E-state index in [2.05, 4.69) is 20.8 Å². The summed E-state index contributed by atoms with van der Waals surface area (Å²) in [6, 6.07) is 9.49. The molecule has 1 atom stereocenters. The molecular formula is C26H34F3NO5S. The molecule has 2 aromatic rings. The van der Waals surface area contributed by atoms with Crippen LogP contribution >= 0.6 is 0 Å². The Labute approximate surface area is 211 Å². The highest BCUT2D eigenvalue weighted by molar-refractivity contribution is 7.87. The van der Waals surface area contributed by atoms with Gasteiger partial charge in [0.25, 0.3) is 0 Å². The minimum Gasteiger partial charge on any atom is -0.383 e. The first-order valence-corrected chi connectivity index (χ1v) is 13.0. The van der Waals surface area contributed by atoms with Crippen LogP contribution in [-0.2, 0) is 32.4 Å². The van der Waals surface area contributed by atoms with Crippen molar-refractivity contribution in [2.24, 2.45) is 11.3 Å². The van der Waals surface area contributed by atoms with Gasteiger partial charge in [0.1, 0.15) is 10.6 Å². The SMILES string of the molecule is COCCN(Cc1cccc(OS(=O)(=O)c2cccc(C(F)(F)F)c2)c1)C(=O)CC(C)CC(C)(C)C. The molecule has 1 unspecified atom stereocenters. The van der Waals surface area contributed by atoms with Crippen molar-refractivity contribution in [1.82, 2.24) is 4.90 Å². The quantitative estimate of drug-likeness (QED) is 0.339. The van der Waals surface area contributed by atoms with Crippen molar-refractivity contribution >= 4 is 16.0 Å². The number of ether oxygens (including phenoxy) is 1. The Morgan fingerprint density at radius 3 is 2.33 bits per heavy atom. The molecule has 2 aromatic carbocycles. The first-order chi connectivity index (χ1) is 16.6. The normalized spacial score (nSPS) is 13.3. The van der Waals surface area contributed by atoms with Gasteiger partial charge in [-0.05, 0) is 53.6 Å². The highest BCUT2D eigenvalue weighted by atomic mass is 32.2. The molecule has 10 heteroatoms. The molecule has 0 N–H and O–H groups in total. The maximum absolute atomic E-state index is 13.0. The van der Waals surface area contributed by atoms with Crippen molar-refractivity contribution in [3.8, 4) is 5.75 Å². The van der Waals surface area contributed by atoms with Gasteiger partial charge in [-0.1, -0.05) is 45.9 Å². The van der Waals surface area contributed by atoms with E-state index in [1.165, 1.54) is 19.2 Å². The number of alkyl halides is 3. The molecule has 1 amide bonds. The van der Waals surface area contributed by atoms with E-state index in [0.29, 0.717) is 31.2 Å². The van der Waals surface area contributed by atoms with Gasteiger partial charge in [0.05, 0.1) is 12.2 Å². The summed E-state index contributed by atoms with van der Waals surface area (Å²) in [6.45, 7) is 9.28. The molecule has 0 radical (unpaired) electrons. The lowest BCUT2D eigenvalue weighted by molar-refractivity contribution is -0.137. The lowest BCUT2D eigenvalue weighted by Gasteiger charge is -2.27. The first-order valence-electron chi connectivity index (χ1n) is 11.6. The molecule has 0 heterocycles. The van der Waals surface area contributed by atoms with Crippen LogP contribution in [0.1, 0.15) is 51.7 Å². The third-order valence-corrected chi connectivity index (χ3v) is 6.57. The van der Waals surface area contributed by atoms with Crippen LogP contribution in [0, 0.1) is 11.3 Å². The molecule has 0 aliphatic carbocycles. The topological polar surface area (TPSA) is 72.9 Å². The van der Waals surface area contributed by atoms with Crippen LogP contribution in [0.4, 0.5) is 13.2 Å². The zero-order chi connectivity index (χ0) is 27.1. The van der Waals surface area contributed by atoms with E-state index < -0.39 is 26.8 Å². The lowest BCUT2D eigenvalue weighted by atomic mass is 9.84. The predicted octanol–water partition coefficient (Wildman–Crippen LogP) is 5.91. The lowest BCUT2D eigenvalue weighted by Crippen LogP contribution is -2.34. The molecule has 0 saturated carbocycles. The van der Waals surface area contributed by atoms with Crippen LogP contribution in [-0.4, -0.2) is 39.5 Å². The summed E-state index contributed by atoms with van der Waals surface area (Å²) in [7, 11) is -2.97. The van der Waals surface area contributed by atoms with E-state index in [4.69, 9.17) is 8.92 Å². The Balaban J connectivity index is 2.19. The molecule has 0 saturated heterocycles. The maximum Gasteiger partial charge on any atom is 0.416 e. The van der Waals surface area contributed by atoms with E-state index in [0.717, 1.165) is 24.6 Å². The fourth-order valence-electron chi connectivity index (χ4n) is 3.96. The Morgan fingerprint density at radius 2 is 1.72 bits per heavy atom. The number of carbonyl (C=O) groups excluding carboxylic acids is 1. The Morgan fingerprint density at radius 1 is 1.06 bits per heavy atom. The van der Waals surface area contributed by atoms with Gasteiger partial charge < -0.3 is 13.8 Å². The van der Waals surface area contributed by atoms with Gasteiger partial charge in [0, 0.05) is 26.6 Å². The molecule has 0 aromatic heterocycles. The van der Waals surface area contributed by atoms with Crippen LogP contribution in [0.5, 0.6) is 5.75 Å². The van der Waals surface area contributed by atoms with Gasteiger partial charge in [0.15, 0.2) is 0 Å². The zero-order valence-electron chi connectivity index (χ0n) is 21.3. The molecule has 200 valence electrons. The molecule has 0 fully saturated rings. The largest absolute Gasteiger partial charge is 0.416 e. The number of amides is 1. The van der Waals surface area contributed by atoms with Crippen molar-refractivity contribution in [1.29, 1.82) is 0 Å². The summed E-state index contributed by atoms with van der Waals surface area (Å²) in [5.41, 5.74) is -0.387. The van der Waals surface area contributed by atoms with Gasteiger partial charge >= 0.3 is 16.3 Å². The number of hydrogen-bond acceptors (Lipinski definition) is 5. The standard InChI is InChI=1S/C26H34F3NO5S/c1-19(17-25(2,3)4)14-24(31)30(12-13-34-5)18-20-8-6-10-22(15-20)35-36(32,33)23-11-7-9-21(16-23)26(27,28)29/h6-11,15-16,19H,12-14,17-18H2,1-5H3. The van der Waals surface area contributed by atoms with E-state index in [9.17, 15) is 26.4 Å². The molecule has 0 aliphatic rings. The van der Waals surface area contributed by atoms with Gasteiger partial charge in [-0.2, -0.15) is 21.6 Å². The molecule has 0 aliphatic heterocycles. The third-order valence-electron chi connectivity index (χ3n) is 5.33. The number of hydrogen-bond donors (Lipinski definition) is 0. The monoisotopic (exact) mass is 529 g/mol. The van der Waals surface area contributed by atoms with Crippen LogP contribution in [0.2, 0.25) is 0 Å². The summed E-state index contributed by atoms with van der Waals surface area (Å²) < 4.78 is 74.5. The molecule has 0 spiro atoms. The van der Waals surface area contributed by atoms with Crippen molar-refractivity contribution in [2.45, 2.75) is 58.2 Å². The van der Waals surface area contributed by atoms with E-state index >= 15 is 0 Å². The fourth-order valence-corrected chi connectivity index (χ4v) is 4.93. The minimum atomic E-state index is -4.69. The number of benzene rings is 2. The van der Waals surface area contributed by atoms with Crippen LogP contribution in [0.3, 0.4) is 0 Å². The van der Waals surface area contributed by atoms with Crippen molar-refractivity contribution in [3.05, 3.63) is 59.7 Å². The highest BCUT2D eigenvalue weighted by Crippen LogP contribution is 2.31. The number of methoxy groups -OCH3 is 1. The smallest absolute Gasteiger partial charge is 0.383 e. The summed E-state index contributed by atoms with van der Waals surface area (Å²) >= 11 is 0. The number of carbonyl (C=O) groups is 1. The Hall–Kier alpha value is -2.59. The average Bonchev–Trinajstić information content (AvgIpc) is 2.74. The number of halogens is 3. The molecule has 36 heavy (non-hydrogen) atoms. The second-order valence-corrected chi connectivity index (χ2v) is 11.6. The van der Waals surface area contributed by atoms with Crippen molar-refractivity contribution in [2.75, 3.05) is 20.3 Å². The van der Waals surface area contributed by atoms with E-state index in [1.807, 2.05) is 6.92 Å². The summed E-state index contributed by atoms with van der Waals surface area (Å²) in [6.07, 6.45) is -3.44. The van der Waals surface area contributed by atoms with Crippen LogP contribution in [0.25, 0.3) is 0 Å². The summed E-state index contributed by atoms with van der Waals surface area (Å²) in [5.74, 6) is 0.0617. The maximum atomic E-state index is 13.0. The summed E-state index contributed by atoms with van der Waals surface area (Å²) in [5, 5.41) is 0. The summed E-state index contributed by atoms with van der Waals surface area (Å²) in [4.78, 5) is 14.1.